The third kappa shape index (κ3) is 4.05. The predicted molar refractivity (Wildman–Crippen MR) is 114 cm³/mol. The zero-order valence-corrected chi connectivity index (χ0v) is 17.7. The number of nitrogens with zero attached hydrogens (tertiary/aromatic N) is 1. The Balaban J connectivity index is 1.40. The van der Waals surface area contributed by atoms with E-state index in [-0.39, 0.29) is 24.8 Å². The molecule has 31 heavy (non-hydrogen) atoms. The molecule has 0 spiro atoms. The molecule has 4 rings (SSSR count). The van der Waals surface area contributed by atoms with Crippen molar-refractivity contribution in [2.45, 2.75) is 44.8 Å². The maximum absolute atomic E-state index is 13.1. The highest BCUT2D eigenvalue weighted by atomic mass is 16.5. The summed E-state index contributed by atoms with van der Waals surface area (Å²) in [4.78, 5) is 38.0. The number of hydrogen-bond acceptors (Lipinski definition) is 5. The van der Waals surface area contributed by atoms with Gasteiger partial charge in [-0.05, 0) is 74.1 Å². The van der Waals surface area contributed by atoms with Gasteiger partial charge in [0.15, 0.2) is 5.78 Å². The van der Waals surface area contributed by atoms with E-state index in [0.717, 1.165) is 29.7 Å². The molecule has 3 amide bonds. The topological polar surface area (TPSA) is 95.9 Å². The number of urea groups is 1. The Morgan fingerprint density at radius 3 is 2.58 bits per heavy atom. The molecule has 1 fully saturated rings. The number of carbonyl (C=O) groups excluding carboxylic acids is 3. The average molecular weight is 422 g/mol. The number of nitrogens with one attached hydrogen (secondary N) is 1. The van der Waals surface area contributed by atoms with Crippen molar-refractivity contribution in [2.24, 2.45) is 0 Å². The molecule has 2 aliphatic rings. The number of ether oxygens (including phenoxy) is 1. The number of carbonyl (C=O) groups is 3. The van der Waals surface area contributed by atoms with Crippen LogP contribution in [0.15, 0.2) is 42.5 Å². The Hall–Kier alpha value is -3.19. The molecule has 2 N–H and O–H groups in total. The second-order valence-corrected chi connectivity index (χ2v) is 8.35. The SMILES string of the molecule is CC(=O)c1ccc(OC[C@H](O)CN2C(=O)N[C@@](C)(c3ccc4c(c3)CCC4)C2=O)cc1. The molecule has 7 heteroatoms. The third-order valence-electron chi connectivity index (χ3n) is 6.05. The molecule has 0 radical (unpaired) electrons. The summed E-state index contributed by atoms with van der Waals surface area (Å²) < 4.78 is 5.54. The molecule has 1 saturated heterocycles. The minimum atomic E-state index is -1.15. The lowest BCUT2D eigenvalue weighted by molar-refractivity contribution is -0.132. The van der Waals surface area contributed by atoms with Crippen molar-refractivity contribution in [3.63, 3.8) is 0 Å². The molecule has 0 bridgehead atoms. The number of β-amino-alcohol motifs (C(OH)–C–C–N with tert-alkyl or cyclic N) is 1. The summed E-state index contributed by atoms with van der Waals surface area (Å²) in [5.41, 5.74) is 2.69. The van der Waals surface area contributed by atoms with Crippen molar-refractivity contribution in [1.82, 2.24) is 10.2 Å². The zero-order valence-electron chi connectivity index (χ0n) is 17.7. The number of rotatable bonds is 7. The van der Waals surface area contributed by atoms with E-state index >= 15 is 0 Å². The van der Waals surface area contributed by atoms with Crippen LogP contribution in [0.5, 0.6) is 5.75 Å². The van der Waals surface area contributed by atoms with Gasteiger partial charge in [0.2, 0.25) is 0 Å². The van der Waals surface area contributed by atoms with Gasteiger partial charge in [-0.3, -0.25) is 14.5 Å². The number of fused-ring (bicyclic) bond motifs is 1. The second kappa shape index (κ2) is 8.15. The fraction of sp³-hybridized carbons (Fsp3) is 0.375. The van der Waals surface area contributed by atoms with E-state index in [4.69, 9.17) is 4.74 Å². The van der Waals surface area contributed by atoms with Gasteiger partial charge in [-0.15, -0.1) is 0 Å². The fourth-order valence-electron chi connectivity index (χ4n) is 4.18. The number of aryl methyl sites for hydroxylation is 2. The Morgan fingerprint density at radius 1 is 1.16 bits per heavy atom. The van der Waals surface area contributed by atoms with E-state index in [1.165, 1.54) is 18.1 Å². The van der Waals surface area contributed by atoms with Gasteiger partial charge in [-0.25, -0.2) is 4.79 Å². The van der Waals surface area contributed by atoms with Crippen LogP contribution in [0.2, 0.25) is 0 Å². The first-order valence-electron chi connectivity index (χ1n) is 10.5. The van der Waals surface area contributed by atoms with E-state index in [1.807, 2.05) is 18.2 Å². The van der Waals surface area contributed by atoms with Gasteiger partial charge >= 0.3 is 6.03 Å². The van der Waals surface area contributed by atoms with Crippen LogP contribution in [-0.2, 0) is 23.2 Å². The molecule has 1 heterocycles. The first kappa shape index (κ1) is 21.1. The number of Topliss-reactive ketones (excluding diaryl/α,β-unsaturated/α-hetero) is 1. The lowest BCUT2D eigenvalue weighted by Crippen LogP contribution is -2.42. The molecule has 7 nitrogen and oxygen atoms in total. The van der Waals surface area contributed by atoms with Crippen LogP contribution >= 0.6 is 0 Å². The highest BCUT2D eigenvalue weighted by Gasteiger charge is 2.49. The summed E-state index contributed by atoms with van der Waals surface area (Å²) >= 11 is 0. The molecule has 0 aromatic heterocycles. The standard InChI is InChI=1S/C24H26N2O5/c1-15(27)16-7-10-21(11-8-16)31-14-20(28)13-26-22(29)24(2,25-23(26)30)19-9-6-17-4-3-5-18(17)12-19/h6-12,20,28H,3-5,13-14H2,1-2H3,(H,25,30)/t20-,24+/m1/s1. The summed E-state index contributed by atoms with van der Waals surface area (Å²) in [5.74, 6) is 0.0566. The number of ketones is 1. The largest absolute Gasteiger partial charge is 0.491 e. The van der Waals surface area contributed by atoms with Gasteiger partial charge in [0.25, 0.3) is 5.91 Å². The first-order valence-corrected chi connectivity index (χ1v) is 10.5. The van der Waals surface area contributed by atoms with Crippen molar-refractivity contribution in [3.05, 3.63) is 64.7 Å². The van der Waals surface area contributed by atoms with E-state index in [9.17, 15) is 19.5 Å². The van der Waals surface area contributed by atoms with E-state index in [1.54, 1.807) is 31.2 Å². The van der Waals surface area contributed by atoms with Crippen molar-refractivity contribution in [1.29, 1.82) is 0 Å². The molecule has 2 aromatic rings. The number of aliphatic hydroxyl groups is 1. The van der Waals surface area contributed by atoms with Crippen molar-refractivity contribution < 1.29 is 24.2 Å². The molecule has 162 valence electrons. The normalized spacial score (nSPS) is 21.1. The monoisotopic (exact) mass is 422 g/mol. The molecular weight excluding hydrogens is 396 g/mol. The quantitative estimate of drug-likeness (QED) is 0.528. The van der Waals surface area contributed by atoms with Crippen LogP contribution in [0.3, 0.4) is 0 Å². The smallest absolute Gasteiger partial charge is 0.325 e. The summed E-state index contributed by atoms with van der Waals surface area (Å²) in [6.07, 6.45) is 2.08. The zero-order chi connectivity index (χ0) is 22.2. The number of benzene rings is 2. The fourth-order valence-corrected chi connectivity index (χ4v) is 4.18. The number of hydrogen-bond donors (Lipinski definition) is 2. The summed E-state index contributed by atoms with van der Waals surface area (Å²) in [5, 5.41) is 13.2. The van der Waals surface area contributed by atoms with Crippen molar-refractivity contribution in [2.75, 3.05) is 13.2 Å². The maximum atomic E-state index is 13.1. The first-order chi connectivity index (χ1) is 14.8. The van der Waals surface area contributed by atoms with E-state index < -0.39 is 17.7 Å². The van der Waals surface area contributed by atoms with Crippen molar-refractivity contribution in [3.8, 4) is 5.75 Å². The van der Waals surface area contributed by atoms with E-state index in [2.05, 4.69) is 5.32 Å². The molecule has 2 atom stereocenters. The summed E-state index contributed by atoms with van der Waals surface area (Å²) in [6, 6.07) is 12.0. The number of imide groups is 1. The maximum Gasteiger partial charge on any atom is 0.325 e. The minimum absolute atomic E-state index is 0.0448. The number of amides is 3. The molecular formula is C24H26N2O5. The van der Waals surface area contributed by atoms with Crippen LogP contribution in [0.25, 0.3) is 0 Å². The third-order valence-corrected chi connectivity index (χ3v) is 6.05. The lowest BCUT2D eigenvalue weighted by atomic mass is 9.89. The van der Waals surface area contributed by atoms with E-state index in [0.29, 0.717) is 11.3 Å². The van der Waals surface area contributed by atoms with Gasteiger partial charge in [-0.2, -0.15) is 0 Å². The number of aliphatic hydroxyl groups excluding tert-OH is 1. The molecule has 2 aromatic carbocycles. The highest BCUT2D eigenvalue weighted by Crippen LogP contribution is 2.32. The molecule has 0 saturated carbocycles. The van der Waals surface area contributed by atoms with Gasteiger partial charge in [0.05, 0.1) is 6.54 Å². The van der Waals surface area contributed by atoms with Gasteiger partial charge in [-0.1, -0.05) is 18.2 Å². The Morgan fingerprint density at radius 2 is 1.87 bits per heavy atom. The van der Waals surface area contributed by atoms with Crippen LogP contribution in [0, 0.1) is 0 Å². The summed E-state index contributed by atoms with van der Waals surface area (Å²) in [6.45, 7) is 2.92. The Bertz CT molecular complexity index is 1030. The Labute approximate surface area is 181 Å². The minimum Gasteiger partial charge on any atom is -0.491 e. The van der Waals surface area contributed by atoms with Gasteiger partial charge in [0, 0.05) is 5.56 Å². The highest BCUT2D eigenvalue weighted by molar-refractivity contribution is 6.07. The van der Waals surface area contributed by atoms with Gasteiger partial charge in [0.1, 0.15) is 24.0 Å². The van der Waals surface area contributed by atoms with Crippen molar-refractivity contribution >= 4 is 17.7 Å². The summed E-state index contributed by atoms with van der Waals surface area (Å²) in [7, 11) is 0. The Kier molecular flexibility index (Phi) is 5.54. The second-order valence-electron chi connectivity index (χ2n) is 8.35. The molecule has 1 aliphatic heterocycles. The van der Waals surface area contributed by atoms with Crippen LogP contribution in [-0.4, -0.2) is 47.0 Å². The average Bonchev–Trinajstić information content (AvgIpc) is 3.31. The van der Waals surface area contributed by atoms with Crippen LogP contribution in [0.1, 0.15) is 47.3 Å². The molecule has 0 unspecified atom stereocenters. The van der Waals surface area contributed by atoms with Crippen LogP contribution in [0.4, 0.5) is 4.79 Å². The van der Waals surface area contributed by atoms with Gasteiger partial charge < -0.3 is 15.2 Å². The lowest BCUT2D eigenvalue weighted by Gasteiger charge is -2.24. The predicted octanol–water partition coefficient (Wildman–Crippen LogP) is 2.58. The molecule has 1 aliphatic carbocycles. The van der Waals surface area contributed by atoms with Crippen LogP contribution < -0.4 is 10.1 Å².